The molecular formula is C13H24N2O2S2. The minimum atomic E-state index is -3.35. The molecule has 1 heterocycles. The van der Waals surface area contributed by atoms with Gasteiger partial charge in [-0.05, 0) is 35.4 Å². The molecule has 0 fully saturated rings. The van der Waals surface area contributed by atoms with Crippen LogP contribution in [0, 0.1) is 11.8 Å². The normalized spacial score (nSPS) is 13.9. The molecule has 1 aromatic rings. The molecule has 0 saturated heterocycles. The van der Waals surface area contributed by atoms with Crippen LogP contribution in [0.15, 0.2) is 15.7 Å². The van der Waals surface area contributed by atoms with Crippen LogP contribution in [0.25, 0.3) is 0 Å². The molecule has 6 heteroatoms. The Morgan fingerprint density at radius 3 is 2.58 bits per heavy atom. The highest BCUT2D eigenvalue weighted by Gasteiger charge is 2.18. The first-order valence-corrected chi connectivity index (χ1v) is 9.01. The van der Waals surface area contributed by atoms with Crippen LogP contribution in [0.2, 0.25) is 0 Å². The van der Waals surface area contributed by atoms with Crippen LogP contribution in [-0.4, -0.2) is 21.5 Å². The van der Waals surface area contributed by atoms with Gasteiger partial charge in [0.15, 0.2) is 0 Å². The van der Waals surface area contributed by atoms with Gasteiger partial charge in [-0.15, -0.1) is 11.3 Å². The van der Waals surface area contributed by atoms with Gasteiger partial charge >= 0.3 is 0 Å². The fourth-order valence-electron chi connectivity index (χ4n) is 1.40. The summed E-state index contributed by atoms with van der Waals surface area (Å²) in [6.07, 6.45) is 0. The zero-order valence-electron chi connectivity index (χ0n) is 12.1. The lowest BCUT2D eigenvalue weighted by Crippen LogP contribution is -2.29. The highest BCUT2D eigenvalue weighted by molar-refractivity contribution is 7.91. The molecule has 1 aromatic heterocycles. The van der Waals surface area contributed by atoms with E-state index in [4.69, 9.17) is 0 Å². The number of thiophene rings is 1. The summed E-state index contributed by atoms with van der Waals surface area (Å²) in [5.74, 6) is 0.798. The van der Waals surface area contributed by atoms with E-state index in [9.17, 15) is 8.42 Å². The summed E-state index contributed by atoms with van der Waals surface area (Å²) >= 11 is 1.28. The van der Waals surface area contributed by atoms with E-state index in [0.717, 1.165) is 12.1 Å². The van der Waals surface area contributed by atoms with Crippen molar-refractivity contribution in [3.63, 3.8) is 0 Å². The van der Waals surface area contributed by atoms with Crippen LogP contribution in [-0.2, 0) is 16.6 Å². The van der Waals surface area contributed by atoms with E-state index < -0.39 is 10.0 Å². The van der Waals surface area contributed by atoms with Gasteiger partial charge in [0.1, 0.15) is 4.21 Å². The van der Waals surface area contributed by atoms with E-state index in [0.29, 0.717) is 29.1 Å². The molecule has 19 heavy (non-hydrogen) atoms. The van der Waals surface area contributed by atoms with Gasteiger partial charge in [0.05, 0.1) is 0 Å². The Morgan fingerprint density at radius 1 is 1.32 bits per heavy atom. The number of nitrogens with one attached hydrogen (secondary N) is 2. The molecule has 0 radical (unpaired) electrons. The van der Waals surface area contributed by atoms with Gasteiger partial charge < -0.3 is 5.32 Å². The van der Waals surface area contributed by atoms with Crippen molar-refractivity contribution in [1.29, 1.82) is 0 Å². The predicted octanol–water partition coefficient (Wildman–Crippen LogP) is 2.43. The van der Waals surface area contributed by atoms with Gasteiger partial charge in [-0.25, -0.2) is 13.1 Å². The highest BCUT2D eigenvalue weighted by Crippen LogP contribution is 2.20. The maximum absolute atomic E-state index is 12.1. The van der Waals surface area contributed by atoms with Crippen LogP contribution in [0.3, 0.4) is 0 Å². The Balaban J connectivity index is 2.64. The third-order valence-electron chi connectivity index (χ3n) is 3.21. The van der Waals surface area contributed by atoms with Crippen molar-refractivity contribution in [3.05, 3.63) is 17.0 Å². The first-order valence-electron chi connectivity index (χ1n) is 6.64. The molecule has 0 aliphatic carbocycles. The van der Waals surface area contributed by atoms with E-state index >= 15 is 0 Å². The Hall–Kier alpha value is -0.430. The number of sulfonamides is 1. The summed E-state index contributed by atoms with van der Waals surface area (Å²) in [4.78, 5) is 0. The van der Waals surface area contributed by atoms with Gasteiger partial charge in [-0.3, -0.25) is 0 Å². The van der Waals surface area contributed by atoms with E-state index in [-0.39, 0.29) is 0 Å². The summed E-state index contributed by atoms with van der Waals surface area (Å²) in [7, 11) is -3.35. The quantitative estimate of drug-likeness (QED) is 0.775. The number of hydrogen-bond donors (Lipinski definition) is 2. The van der Waals surface area contributed by atoms with Gasteiger partial charge in [0, 0.05) is 13.1 Å². The van der Waals surface area contributed by atoms with Crippen LogP contribution in [0.5, 0.6) is 0 Å². The molecule has 1 atom stereocenters. The summed E-state index contributed by atoms with van der Waals surface area (Å²) in [5, 5.41) is 5.08. The van der Waals surface area contributed by atoms with Crippen LogP contribution in [0.4, 0.5) is 0 Å². The van der Waals surface area contributed by atoms with Gasteiger partial charge in [-0.2, -0.15) is 0 Å². The molecule has 0 bridgehead atoms. The van der Waals surface area contributed by atoms with Crippen molar-refractivity contribution < 1.29 is 8.42 Å². The molecule has 0 saturated carbocycles. The van der Waals surface area contributed by atoms with E-state index in [1.54, 1.807) is 6.07 Å². The average Bonchev–Trinajstić information content (AvgIpc) is 2.82. The fraction of sp³-hybridized carbons (Fsp3) is 0.692. The van der Waals surface area contributed by atoms with Crippen LogP contribution >= 0.6 is 11.3 Å². The first-order chi connectivity index (χ1) is 8.86. The summed E-state index contributed by atoms with van der Waals surface area (Å²) in [5.41, 5.74) is 1.02. The van der Waals surface area contributed by atoms with Crippen LogP contribution in [0.1, 0.15) is 33.3 Å². The largest absolute Gasteiger partial charge is 0.313 e. The number of hydrogen-bond acceptors (Lipinski definition) is 4. The number of rotatable bonds is 8. The fourth-order valence-corrected chi connectivity index (χ4v) is 3.80. The molecule has 0 aliphatic rings. The smallest absolute Gasteiger partial charge is 0.250 e. The highest BCUT2D eigenvalue weighted by atomic mass is 32.2. The Morgan fingerprint density at radius 2 is 2.00 bits per heavy atom. The second-order valence-electron chi connectivity index (χ2n) is 5.13. The molecule has 1 unspecified atom stereocenters. The van der Waals surface area contributed by atoms with Crippen molar-refractivity contribution >= 4 is 21.4 Å². The second-order valence-corrected chi connectivity index (χ2v) is 8.03. The van der Waals surface area contributed by atoms with E-state index in [1.807, 2.05) is 12.3 Å². The molecule has 110 valence electrons. The molecular weight excluding hydrogens is 280 g/mol. The summed E-state index contributed by atoms with van der Waals surface area (Å²) in [6.45, 7) is 10.3. The zero-order valence-corrected chi connectivity index (χ0v) is 13.7. The third-order valence-corrected chi connectivity index (χ3v) is 6.12. The van der Waals surface area contributed by atoms with Gasteiger partial charge in [0.2, 0.25) is 10.0 Å². The summed E-state index contributed by atoms with van der Waals surface area (Å²) < 4.78 is 27.3. The summed E-state index contributed by atoms with van der Waals surface area (Å²) in [6, 6.07) is 1.75. The van der Waals surface area contributed by atoms with Crippen molar-refractivity contribution in [3.8, 4) is 0 Å². The Labute approximate surface area is 120 Å². The first kappa shape index (κ1) is 16.6. The molecule has 0 aliphatic heterocycles. The minimum absolute atomic E-state index is 0.330. The Kier molecular flexibility index (Phi) is 6.46. The topological polar surface area (TPSA) is 58.2 Å². The lowest BCUT2D eigenvalue weighted by molar-refractivity contribution is 0.415. The van der Waals surface area contributed by atoms with Crippen molar-refractivity contribution in [2.24, 2.45) is 11.8 Å². The van der Waals surface area contributed by atoms with E-state index in [2.05, 4.69) is 30.8 Å². The zero-order chi connectivity index (χ0) is 14.5. The van der Waals surface area contributed by atoms with Gasteiger partial charge in [0.25, 0.3) is 0 Å². The minimum Gasteiger partial charge on any atom is -0.313 e. The monoisotopic (exact) mass is 304 g/mol. The lowest BCUT2D eigenvalue weighted by atomic mass is 9.99. The third kappa shape index (κ3) is 5.22. The predicted molar refractivity (Wildman–Crippen MR) is 80.9 cm³/mol. The molecule has 0 amide bonds. The second kappa shape index (κ2) is 7.38. The van der Waals surface area contributed by atoms with E-state index in [1.165, 1.54) is 11.3 Å². The standard InChI is InChI=1S/C13H24N2O2S2/c1-5-14-8-12-6-13(18-9-12)19(16,17)15-7-11(4)10(2)3/h6,9-11,14-15H,5,7-8H2,1-4H3. The molecule has 0 aromatic carbocycles. The molecule has 2 N–H and O–H groups in total. The van der Waals surface area contributed by atoms with Gasteiger partial charge in [-0.1, -0.05) is 27.7 Å². The van der Waals surface area contributed by atoms with Crippen molar-refractivity contribution in [2.75, 3.05) is 13.1 Å². The molecule has 0 spiro atoms. The Bertz CT molecular complexity index is 481. The van der Waals surface area contributed by atoms with Crippen molar-refractivity contribution in [2.45, 2.75) is 38.4 Å². The lowest BCUT2D eigenvalue weighted by Gasteiger charge is -2.15. The molecule has 4 nitrogen and oxygen atoms in total. The SMILES string of the molecule is CCNCc1csc(S(=O)(=O)NCC(C)C(C)C)c1. The molecule has 1 rings (SSSR count). The maximum atomic E-state index is 12.1. The van der Waals surface area contributed by atoms with Crippen LogP contribution < -0.4 is 10.0 Å². The van der Waals surface area contributed by atoms with Crippen molar-refractivity contribution in [1.82, 2.24) is 10.0 Å². The average molecular weight is 304 g/mol. The maximum Gasteiger partial charge on any atom is 0.250 e.